The molecular weight excluding hydrogens is 229 g/mol. The molecule has 0 rings (SSSR count). The zero-order chi connectivity index (χ0) is 12.8. The molecule has 16 heavy (non-hydrogen) atoms. The molecule has 0 fully saturated rings. The maximum absolute atomic E-state index is 12.0. The minimum Gasteiger partial charge on any atom is -0.466 e. The standard InChI is InChI=1S/C9H13F3O4/c1-3-15-7(13)4-5-8(14)16-6(2)9(10,11)12/h6H,3-5H2,1-2H3. The van der Waals surface area contributed by atoms with Gasteiger partial charge in [0.2, 0.25) is 0 Å². The number of carbonyl (C=O) groups is 2. The highest BCUT2D eigenvalue weighted by Gasteiger charge is 2.39. The van der Waals surface area contributed by atoms with Gasteiger partial charge in [0.05, 0.1) is 19.4 Å². The van der Waals surface area contributed by atoms with Gasteiger partial charge in [-0.2, -0.15) is 13.2 Å². The van der Waals surface area contributed by atoms with Crippen molar-refractivity contribution in [1.29, 1.82) is 0 Å². The number of ether oxygens (including phenoxy) is 2. The summed E-state index contributed by atoms with van der Waals surface area (Å²) in [5.41, 5.74) is 0. The van der Waals surface area contributed by atoms with Crippen LogP contribution in [0, 0.1) is 0 Å². The summed E-state index contributed by atoms with van der Waals surface area (Å²) in [7, 11) is 0. The van der Waals surface area contributed by atoms with Crippen LogP contribution in [0.1, 0.15) is 26.7 Å². The zero-order valence-corrected chi connectivity index (χ0v) is 8.97. The van der Waals surface area contributed by atoms with Crippen molar-refractivity contribution < 1.29 is 32.2 Å². The molecule has 0 saturated heterocycles. The number of hydrogen-bond acceptors (Lipinski definition) is 4. The molecule has 0 heterocycles. The summed E-state index contributed by atoms with van der Waals surface area (Å²) in [6, 6.07) is 0. The first-order chi connectivity index (χ1) is 7.27. The van der Waals surface area contributed by atoms with Crippen LogP contribution in [-0.2, 0) is 19.1 Å². The first kappa shape index (κ1) is 14.7. The second kappa shape index (κ2) is 6.34. The maximum atomic E-state index is 12.0. The van der Waals surface area contributed by atoms with Gasteiger partial charge in [-0.15, -0.1) is 0 Å². The average Bonchev–Trinajstić information content (AvgIpc) is 2.13. The maximum Gasteiger partial charge on any atom is 0.425 e. The summed E-state index contributed by atoms with van der Waals surface area (Å²) in [6.45, 7) is 2.47. The number of hydrogen-bond donors (Lipinski definition) is 0. The third-order valence-corrected chi connectivity index (χ3v) is 1.61. The normalized spacial score (nSPS) is 13.1. The van der Waals surface area contributed by atoms with Gasteiger partial charge in [0.15, 0.2) is 6.10 Å². The fraction of sp³-hybridized carbons (Fsp3) is 0.778. The lowest BCUT2D eigenvalue weighted by molar-refractivity contribution is -0.216. The van der Waals surface area contributed by atoms with Gasteiger partial charge in [-0.25, -0.2) is 0 Å². The van der Waals surface area contributed by atoms with Crippen molar-refractivity contribution in [1.82, 2.24) is 0 Å². The van der Waals surface area contributed by atoms with Gasteiger partial charge in [-0.1, -0.05) is 0 Å². The Hall–Kier alpha value is -1.27. The minimum atomic E-state index is -4.58. The second-order valence-corrected chi connectivity index (χ2v) is 2.98. The third-order valence-electron chi connectivity index (χ3n) is 1.61. The van der Waals surface area contributed by atoms with Gasteiger partial charge in [0.1, 0.15) is 0 Å². The van der Waals surface area contributed by atoms with Crippen molar-refractivity contribution >= 4 is 11.9 Å². The molecule has 0 spiro atoms. The van der Waals surface area contributed by atoms with Crippen LogP contribution < -0.4 is 0 Å². The molecule has 0 radical (unpaired) electrons. The summed E-state index contributed by atoms with van der Waals surface area (Å²) in [4.78, 5) is 21.7. The van der Waals surface area contributed by atoms with E-state index in [1.54, 1.807) is 6.92 Å². The molecule has 0 bridgehead atoms. The molecule has 1 atom stereocenters. The molecule has 0 N–H and O–H groups in total. The van der Waals surface area contributed by atoms with Crippen LogP contribution >= 0.6 is 0 Å². The van der Waals surface area contributed by atoms with Gasteiger partial charge < -0.3 is 9.47 Å². The van der Waals surface area contributed by atoms with Crippen LogP contribution in [0.15, 0.2) is 0 Å². The molecule has 0 aliphatic heterocycles. The molecule has 0 saturated carbocycles. The molecule has 0 amide bonds. The Kier molecular flexibility index (Phi) is 5.84. The van der Waals surface area contributed by atoms with E-state index in [4.69, 9.17) is 0 Å². The summed E-state index contributed by atoms with van der Waals surface area (Å²) in [5.74, 6) is -1.71. The lowest BCUT2D eigenvalue weighted by Crippen LogP contribution is -2.31. The average molecular weight is 242 g/mol. The summed E-state index contributed by atoms with van der Waals surface area (Å²) in [6.07, 6.45) is -7.45. The molecule has 7 heteroatoms. The van der Waals surface area contributed by atoms with Crippen molar-refractivity contribution in [3.05, 3.63) is 0 Å². The Morgan fingerprint density at radius 1 is 1.19 bits per heavy atom. The number of esters is 2. The summed E-state index contributed by atoms with van der Waals surface area (Å²) < 4.78 is 44.4. The Bertz CT molecular complexity index is 250. The fourth-order valence-electron chi connectivity index (χ4n) is 0.760. The predicted molar refractivity (Wildman–Crippen MR) is 47.5 cm³/mol. The second-order valence-electron chi connectivity index (χ2n) is 2.98. The molecule has 0 aromatic carbocycles. The smallest absolute Gasteiger partial charge is 0.425 e. The first-order valence-corrected chi connectivity index (χ1v) is 4.69. The van der Waals surface area contributed by atoms with Gasteiger partial charge in [-0.3, -0.25) is 9.59 Å². The number of carbonyl (C=O) groups excluding carboxylic acids is 2. The van der Waals surface area contributed by atoms with Crippen molar-refractivity contribution in [2.24, 2.45) is 0 Å². The number of rotatable bonds is 5. The molecule has 94 valence electrons. The van der Waals surface area contributed by atoms with E-state index >= 15 is 0 Å². The van der Waals surface area contributed by atoms with Crippen molar-refractivity contribution in [2.45, 2.75) is 39.0 Å². The van der Waals surface area contributed by atoms with E-state index in [1.165, 1.54) is 0 Å². The van der Waals surface area contributed by atoms with Crippen LogP contribution in [0.3, 0.4) is 0 Å². The molecule has 0 aliphatic rings. The van der Waals surface area contributed by atoms with E-state index in [0.29, 0.717) is 0 Å². The van der Waals surface area contributed by atoms with Crippen LogP contribution in [0.5, 0.6) is 0 Å². The van der Waals surface area contributed by atoms with E-state index in [0.717, 1.165) is 6.92 Å². The van der Waals surface area contributed by atoms with Crippen molar-refractivity contribution in [3.8, 4) is 0 Å². The van der Waals surface area contributed by atoms with Gasteiger partial charge in [0.25, 0.3) is 0 Å². The van der Waals surface area contributed by atoms with Crippen LogP contribution in [0.4, 0.5) is 13.2 Å². The number of alkyl halides is 3. The van der Waals surface area contributed by atoms with Crippen LogP contribution in [0.2, 0.25) is 0 Å². The SMILES string of the molecule is CCOC(=O)CCC(=O)OC(C)C(F)(F)F. The van der Waals surface area contributed by atoms with E-state index in [-0.39, 0.29) is 13.0 Å². The topological polar surface area (TPSA) is 52.6 Å². The van der Waals surface area contributed by atoms with E-state index in [2.05, 4.69) is 9.47 Å². The Labute approximate surface area is 90.7 Å². The lowest BCUT2D eigenvalue weighted by Gasteiger charge is -2.15. The quantitative estimate of drug-likeness (QED) is 0.690. The summed E-state index contributed by atoms with van der Waals surface area (Å²) >= 11 is 0. The van der Waals surface area contributed by atoms with Crippen LogP contribution in [0.25, 0.3) is 0 Å². The fourth-order valence-corrected chi connectivity index (χ4v) is 0.760. The van der Waals surface area contributed by atoms with Crippen molar-refractivity contribution in [3.63, 3.8) is 0 Å². The van der Waals surface area contributed by atoms with E-state index in [1.807, 2.05) is 0 Å². The largest absolute Gasteiger partial charge is 0.466 e. The Balaban J connectivity index is 3.88. The van der Waals surface area contributed by atoms with Gasteiger partial charge >= 0.3 is 18.1 Å². The highest BCUT2D eigenvalue weighted by Crippen LogP contribution is 2.22. The number of halogens is 3. The lowest BCUT2D eigenvalue weighted by atomic mass is 10.3. The predicted octanol–water partition coefficient (Wildman–Crippen LogP) is 1.82. The minimum absolute atomic E-state index is 0.160. The molecule has 1 unspecified atom stereocenters. The van der Waals surface area contributed by atoms with Gasteiger partial charge in [0, 0.05) is 0 Å². The first-order valence-electron chi connectivity index (χ1n) is 4.69. The van der Waals surface area contributed by atoms with E-state index in [9.17, 15) is 22.8 Å². The van der Waals surface area contributed by atoms with Crippen molar-refractivity contribution in [2.75, 3.05) is 6.61 Å². The Morgan fingerprint density at radius 3 is 2.12 bits per heavy atom. The highest BCUT2D eigenvalue weighted by molar-refractivity contribution is 5.77. The molecule has 0 aromatic heterocycles. The Morgan fingerprint density at radius 2 is 1.69 bits per heavy atom. The molecule has 0 aliphatic carbocycles. The van der Waals surface area contributed by atoms with E-state index < -0.39 is 30.6 Å². The molecule has 0 aromatic rings. The molecule has 4 nitrogen and oxygen atoms in total. The zero-order valence-electron chi connectivity index (χ0n) is 8.97. The van der Waals surface area contributed by atoms with Gasteiger partial charge in [-0.05, 0) is 13.8 Å². The summed E-state index contributed by atoms with van der Waals surface area (Å²) in [5, 5.41) is 0. The third kappa shape index (κ3) is 6.26. The van der Waals surface area contributed by atoms with Crippen LogP contribution in [-0.4, -0.2) is 30.8 Å². The highest BCUT2D eigenvalue weighted by atomic mass is 19.4. The monoisotopic (exact) mass is 242 g/mol. The molecular formula is C9H13F3O4.